The van der Waals surface area contributed by atoms with Crippen molar-refractivity contribution in [2.24, 2.45) is 4.99 Å². The van der Waals surface area contributed by atoms with E-state index in [-0.39, 0.29) is 12.1 Å². The van der Waals surface area contributed by atoms with Crippen molar-refractivity contribution >= 4 is 5.90 Å². The molecule has 0 fully saturated rings. The zero-order valence-corrected chi connectivity index (χ0v) is 16.7. The summed E-state index contributed by atoms with van der Waals surface area (Å²) < 4.78 is 11.7. The standard InChI is InChI=1S/C23H29NO4/c1-16(25)21(26)20(14-27-13-17-9-5-4-6-10-17)18-11-7-8-12-19(18)22-24-23(2,3)15-28-22/h4-12,16,20-21,25-26H,13-15H2,1-3H3. The van der Waals surface area contributed by atoms with Crippen molar-refractivity contribution in [1.82, 2.24) is 0 Å². The Morgan fingerprint density at radius 2 is 1.75 bits per heavy atom. The van der Waals surface area contributed by atoms with Gasteiger partial charge in [-0.3, -0.25) is 0 Å². The van der Waals surface area contributed by atoms with Gasteiger partial charge in [-0.15, -0.1) is 0 Å². The van der Waals surface area contributed by atoms with Crippen molar-refractivity contribution in [3.05, 3.63) is 71.3 Å². The first-order valence-electron chi connectivity index (χ1n) is 9.67. The van der Waals surface area contributed by atoms with E-state index in [0.717, 1.165) is 16.7 Å². The molecule has 2 N–H and O–H groups in total. The zero-order valence-electron chi connectivity index (χ0n) is 16.7. The van der Waals surface area contributed by atoms with Gasteiger partial charge in [0, 0.05) is 11.5 Å². The molecule has 3 unspecified atom stereocenters. The quantitative estimate of drug-likeness (QED) is 0.734. The normalized spacial score (nSPS) is 18.8. The average Bonchev–Trinajstić information content (AvgIpc) is 3.05. The van der Waals surface area contributed by atoms with E-state index in [9.17, 15) is 10.2 Å². The summed E-state index contributed by atoms with van der Waals surface area (Å²) in [5.74, 6) is 0.168. The number of hydrogen-bond donors (Lipinski definition) is 2. The Balaban J connectivity index is 1.84. The Morgan fingerprint density at radius 1 is 1.07 bits per heavy atom. The summed E-state index contributed by atoms with van der Waals surface area (Å²) in [6.45, 7) is 6.86. The highest BCUT2D eigenvalue weighted by Gasteiger charge is 2.32. The molecular formula is C23H29NO4. The van der Waals surface area contributed by atoms with E-state index < -0.39 is 18.1 Å². The van der Waals surface area contributed by atoms with Gasteiger partial charge in [-0.1, -0.05) is 48.5 Å². The van der Waals surface area contributed by atoms with Crippen LogP contribution >= 0.6 is 0 Å². The Morgan fingerprint density at radius 3 is 2.39 bits per heavy atom. The van der Waals surface area contributed by atoms with Crippen LogP contribution in [-0.4, -0.2) is 47.1 Å². The smallest absolute Gasteiger partial charge is 0.217 e. The molecule has 0 aromatic heterocycles. The Bertz CT molecular complexity index is 801. The number of aliphatic hydroxyl groups excluding tert-OH is 2. The summed E-state index contributed by atoms with van der Waals surface area (Å²) >= 11 is 0. The van der Waals surface area contributed by atoms with E-state index in [2.05, 4.69) is 4.99 Å². The Kier molecular flexibility index (Phi) is 6.50. The molecule has 2 aromatic carbocycles. The van der Waals surface area contributed by atoms with Gasteiger partial charge in [0.2, 0.25) is 5.90 Å². The van der Waals surface area contributed by atoms with Gasteiger partial charge in [0.05, 0.1) is 31.0 Å². The lowest BCUT2D eigenvalue weighted by molar-refractivity contribution is -0.0146. The SMILES string of the molecule is CC(O)C(O)C(COCc1ccccc1)c1ccccc1C1=NC(C)(C)CO1. The summed E-state index contributed by atoms with van der Waals surface area (Å²) in [5, 5.41) is 20.7. The third-order valence-electron chi connectivity index (χ3n) is 4.87. The molecule has 0 spiro atoms. The number of aliphatic hydroxyl groups is 2. The van der Waals surface area contributed by atoms with Gasteiger partial charge >= 0.3 is 0 Å². The van der Waals surface area contributed by atoms with Gasteiger partial charge in [-0.25, -0.2) is 4.99 Å². The number of benzene rings is 2. The van der Waals surface area contributed by atoms with Crippen molar-refractivity contribution < 1.29 is 19.7 Å². The van der Waals surface area contributed by atoms with Crippen molar-refractivity contribution in [3.63, 3.8) is 0 Å². The second kappa shape index (κ2) is 8.86. The summed E-state index contributed by atoms with van der Waals surface area (Å²) in [5.41, 5.74) is 2.48. The van der Waals surface area contributed by atoms with Crippen LogP contribution in [0.1, 0.15) is 43.4 Å². The zero-order chi connectivity index (χ0) is 20.1. The van der Waals surface area contributed by atoms with E-state index in [1.807, 2.05) is 68.4 Å². The molecular weight excluding hydrogens is 354 g/mol. The molecule has 0 saturated heterocycles. The fraction of sp³-hybridized carbons (Fsp3) is 0.435. The molecule has 5 heteroatoms. The second-order valence-electron chi connectivity index (χ2n) is 7.94. The molecule has 3 rings (SSSR count). The maximum atomic E-state index is 10.7. The first-order valence-corrected chi connectivity index (χ1v) is 9.67. The van der Waals surface area contributed by atoms with Crippen LogP contribution in [0, 0.1) is 0 Å². The lowest BCUT2D eigenvalue weighted by Crippen LogP contribution is -2.33. The van der Waals surface area contributed by atoms with Gasteiger partial charge in [0.15, 0.2) is 0 Å². The number of ether oxygens (including phenoxy) is 2. The fourth-order valence-electron chi connectivity index (χ4n) is 3.32. The van der Waals surface area contributed by atoms with Crippen LogP contribution < -0.4 is 0 Å². The van der Waals surface area contributed by atoms with Crippen molar-refractivity contribution in [1.29, 1.82) is 0 Å². The van der Waals surface area contributed by atoms with E-state index in [4.69, 9.17) is 9.47 Å². The molecule has 5 nitrogen and oxygen atoms in total. The monoisotopic (exact) mass is 383 g/mol. The summed E-state index contributed by atoms with van der Waals surface area (Å²) in [6.07, 6.45) is -1.85. The lowest BCUT2D eigenvalue weighted by atomic mass is 9.88. The molecule has 2 aromatic rings. The number of aliphatic imine (C=N–C) groups is 1. The molecule has 0 radical (unpaired) electrons. The molecule has 1 aliphatic heterocycles. The van der Waals surface area contributed by atoms with Gasteiger partial charge < -0.3 is 19.7 Å². The maximum absolute atomic E-state index is 10.7. The minimum absolute atomic E-state index is 0.272. The molecule has 0 aliphatic carbocycles. The van der Waals surface area contributed by atoms with Crippen LogP contribution in [0.25, 0.3) is 0 Å². The van der Waals surface area contributed by atoms with Crippen LogP contribution in [0.4, 0.5) is 0 Å². The van der Waals surface area contributed by atoms with Crippen LogP contribution in [0.2, 0.25) is 0 Å². The van der Waals surface area contributed by atoms with Gasteiger partial charge in [-0.05, 0) is 38.0 Å². The minimum atomic E-state index is -0.966. The largest absolute Gasteiger partial charge is 0.475 e. The average molecular weight is 383 g/mol. The predicted octanol–water partition coefficient (Wildman–Crippen LogP) is 3.28. The molecule has 28 heavy (non-hydrogen) atoms. The van der Waals surface area contributed by atoms with Gasteiger partial charge in [-0.2, -0.15) is 0 Å². The predicted molar refractivity (Wildman–Crippen MR) is 110 cm³/mol. The van der Waals surface area contributed by atoms with Crippen molar-refractivity contribution in [2.45, 2.75) is 51.0 Å². The Labute approximate surface area is 166 Å². The number of hydrogen-bond acceptors (Lipinski definition) is 5. The van der Waals surface area contributed by atoms with E-state index >= 15 is 0 Å². The molecule has 0 saturated carbocycles. The Hall–Kier alpha value is -2.21. The maximum Gasteiger partial charge on any atom is 0.217 e. The van der Waals surface area contributed by atoms with Crippen LogP contribution in [-0.2, 0) is 16.1 Å². The molecule has 1 heterocycles. The highest BCUT2D eigenvalue weighted by Crippen LogP contribution is 2.30. The highest BCUT2D eigenvalue weighted by atomic mass is 16.5. The van der Waals surface area contributed by atoms with Crippen molar-refractivity contribution in [2.75, 3.05) is 13.2 Å². The summed E-state index contributed by atoms with van der Waals surface area (Å²) in [4.78, 5) is 4.68. The minimum Gasteiger partial charge on any atom is -0.475 e. The third kappa shape index (κ3) is 4.98. The van der Waals surface area contributed by atoms with Crippen molar-refractivity contribution in [3.8, 4) is 0 Å². The molecule has 0 bridgehead atoms. The first-order chi connectivity index (χ1) is 13.4. The first kappa shape index (κ1) is 20.5. The van der Waals surface area contributed by atoms with Crippen LogP contribution in [0.3, 0.4) is 0 Å². The fourth-order valence-corrected chi connectivity index (χ4v) is 3.32. The van der Waals surface area contributed by atoms with E-state index in [1.54, 1.807) is 6.92 Å². The number of rotatable bonds is 8. The van der Waals surface area contributed by atoms with Crippen LogP contribution in [0.5, 0.6) is 0 Å². The molecule has 150 valence electrons. The third-order valence-corrected chi connectivity index (χ3v) is 4.87. The molecule has 1 aliphatic rings. The lowest BCUT2D eigenvalue weighted by Gasteiger charge is -2.27. The van der Waals surface area contributed by atoms with Gasteiger partial charge in [0.25, 0.3) is 0 Å². The summed E-state index contributed by atoms with van der Waals surface area (Å²) in [7, 11) is 0. The summed E-state index contributed by atoms with van der Waals surface area (Å²) in [6, 6.07) is 17.6. The van der Waals surface area contributed by atoms with Crippen LogP contribution in [0.15, 0.2) is 59.6 Å². The second-order valence-corrected chi connectivity index (χ2v) is 7.94. The highest BCUT2D eigenvalue weighted by molar-refractivity contribution is 5.97. The molecule has 0 amide bonds. The topological polar surface area (TPSA) is 71.3 Å². The number of nitrogens with zero attached hydrogens (tertiary/aromatic N) is 1. The molecule has 3 atom stereocenters. The van der Waals surface area contributed by atoms with Gasteiger partial charge in [0.1, 0.15) is 6.61 Å². The van der Waals surface area contributed by atoms with E-state index in [0.29, 0.717) is 19.1 Å². The van der Waals surface area contributed by atoms with E-state index in [1.165, 1.54) is 0 Å².